The van der Waals surface area contributed by atoms with Crippen LogP contribution in [0.4, 0.5) is 8.78 Å². The molecule has 3 rings (SSSR count). The van der Waals surface area contributed by atoms with E-state index in [4.69, 9.17) is 9.47 Å². The van der Waals surface area contributed by atoms with Crippen molar-refractivity contribution in [2.75, 3.05) is 6.61 Å². The molecule has 1 aliphatic heterocycles. The molecule has 4 nitrogen and oxygen atoms in total. The summed E-state index contributed by atoms with van der Waals surface area (Å²) >= 11 is 0. The van der Waals surface area contributed by atoms with Crippen LogP contribution >= 0.6 is 0 Å². The molecule has 0 atom stereocenters. The molecular formula is C18H13F2NO3. The quantitative estimate of drug-likeness (QED) is 0.635. The van der Waals surface area contributed by atoms with Crippen molar-refractivity contribution in [2.45, 2.75) is 6.92 Å². The van der Waals surface area contributed by atoms with Gasteiger partial charge in [-0.25, -0.2) is 18.6 Å². The van der Waals surface area contributed by atoms with Gasteiger partial charge < -0.3 is 9.47 Å². The second-order valence-corrected chi connectivity index (χ2v) is 4.93. The SMILES string of the molecule is CCOc1ccccc1/C=C1\N=C(c2ccc(F)cc2F)OC1=O. The van der Waals surface area contributed by atoms with E-state index < -0.39 is 17.6 Å². The van der Waals surface area contributed by atoms with Crippen LogP contribution in [0.25, 0.3) is 6.08 Å². The third-order valence-corrected chi connectivity index (χ3v) is 3.29. The van der Waals surface area contributed by atoms with Crippen molar-refractivity contribution in [1.82, 2.24) is 0 Å². The van der Waals surface area contributed by atoms with Crippen LogP contribution in [0, 0.1) is 11.6 Å². The van der Waals surface area contributed by atoms with Crippen molar-refractivity contribution in [3.63, 3.8) is 0 Å². The van der Waals surface area contributed by atoms with Gasteiger partial charge in [-0.3, -0.25) is 0 Å². The normalized spacial score (nSPS) is 15.4. The highest BCUT2D eigenvalue weighted by atomic mass is 19.1. The predicted octanol–water partition coefficient (Wildman–Crippen LogP) is 3.71. The number of nitrogens with zero attached hydrogens (tertiary/aromatic N) is 1. The molecule has 0 spiro atoms. The maximum absolute atomic E-state index is 13.8. The number of aliphatic imine (C=N–C) groups is 1. The van der Waals surface area contributed by atoms with E-state index in [1.807, 2.05) is 13.0 Å². The second-order valence-electron chi connectivity index (χ2n) is 4.93. The van der Waals surface area contributed by atoms with Crippen LogP contribution in [0.15, 0.2) is 53.2 Å². The van der Waals surface area contributed by atoms with Crippen LogP contribution in [0.2, 0.25) is 0 Å². The first-order chi connectivity index (χ1) is 11.6. The number of cyclic esters (lactones) is 1. The number of benzene rings is 2. The summed E-state index contributed by atoms with van der Waals surface area (Å²) < 4.78 is 37.2. The van der Waals surface area contributed by atoms with Crippen LogP contribution < -0.4 is 4.74 Å². The molecule has 0 saturated heterocycles. The van der Waals surface area contributed by atoms with Gasteiger partial charge in [0, 0.05) is 11.6 Å². The Morgan fingerprint density at radius 2 is 2.00 bits per heavy atom. The predicted molar refractivity (Wildman–Crippen MR) is 84.6 cm³/mol. The van der Waals surface area contributed by atoms with E-state index >= 15 is 0 Å². The summed E-state index contributed by atoms with van der Waals surface area (Å²) in [4.78, 5) is 16.0. The van der Waals surface area contributed by atoms with Crippen molar-refractivity contribution < 1.29 is 23.0 Å². The molecule has 0 saturated carbocycles. The van der Waals surface area contributed by atoms with E-state index in [1.54, 1.807) is 18.2 Å². The lowest BCUT2D eigenvalue weighted by atomic mass is 10.1. The largest absolute Gasteiger partial charge is 0.493 e. The molecule has 1 aliphatic rings. The van der Waals surface area contributed by atoms with Crippen molar-refractivity contribution in [3.05, 3.63) is 70.9 Å². The van der Waals surface area contributed by atoms with E-state index in [2.05, 4.69) is 4.99 Å². The summed E-state index contributed by atoms with van der Waals surface area (Å²) in [5.74, 6) is -1.88. The van der Waals surface area contributed by atoms with Gasteiger partial charge in [0.05, 0.1) is 12.2 Å². The maximum atomic E-state index is 13.8. The molecule has 0 unspecified atom stereocenters. The molecule has 122 valence electrons. The molecule has 0 aromatic heterocycles. The van der Waals surface area contributed by atoms with Crippen molar-refractivity contribution in [1.29, 1.82) is 0 Å². The highest BCUT2D eigenvalue weighted by Gasteiger charge is 2.26. The first-order valence-corrected chi connectivity index (χ1v) is 7.28. The number of ether oxygens (including phenoxy) is 2. The lowest BCUT2D eigenvalue weighted by Crippen LogP contribution is -2.07. The molecule has 0 aliphatic carbocycles. The van der Waals surface area contributed by atoms with Gasteiger partial charge in [-0.05, 0) is 31.2 Å². The number of halogens is 2. The number of hydrogen-bond donors (Lipinski definition) is 0. The fourth-order valence-electron chi connectivity index (χ4n) is 2.22. The Morgan fingerprint density at radius 3 is 2.75 bits per heavy atom. The number of carbonyl (C=O) groups excluding carboxylic acids is 1. The average molecular weight is 329 g/mol. The van der Waals surface area contributed by atoms with Gasteiger partial charge >= 0.3 is 5.97 Å². The minimum Gasteiger partial charge on any atom is -0.493 e. The summed E-state index contributed by atoms with van der Waals surface area (Å²) in [6, 6.07) is 10.1. The van der Waals surface area contributed by atoms with E-state index in [9.17, 15) is 13.6 Å². The molecule has 0 fully saturated rings. The summed E-state index contributed by atoms with van der Waals surface area (Å²) in [6.45, 7) is 2.32. The first-order valence-electron chi connectivity index (χ1n) is 7.28. The molecule has 24 heavy (non-hydrogen) atoms. The van der Waals surface area contributed by atoms with E-state index in [0.29, 0.717) is 24.0 Å². The summed E-state index contributed by atoms with van der Waals surface area (Å²) in [5.41, 5.74) is 0.586. The van der Waals surface area contributed by atoms with Crippen LogP contribution in [0.5, 0.6) is 5.75 Å². The number of carbonyl (C=O) groups is 1. The summed E-state index contributed by atoms with van der Waals surface area (Å²) in [6.07, 6.45) is 1.50. The third kappa shape index (κ3) is 3.17. The third-order valence-electron chi connectivity index (χ3n) is 3.29. The zero-order valence-electron chi connectivity index (χ0n) is 12.8. The minimum atomic E-state index is -0.850. The summed E-state index contributed by atoms with van der Waals surface area (Å²) in [7, 11) is 0. The number of esters is 1. The molecule has 2 aromatic rings. The Labute approximate surface area is 137 Å². The molecule has 0 radical (unpaired) electrons. The van der Waals surface area contributed by atoms with Crippen molar-refractivity contribution in [3.8, 4) is 5.75 Å². The van der Waals surface area contributed by atoms with Gasteiger partial charge in [0.1, 0.15) is 17.4 Å². The van der Waals surface area contributed by atoms with Crippen molar-refractivity contribution >= 4 is 17.9 Å². The molecular weight excluding hydrogens is 316 g/mol. The van der Waals surface area contributed by atoms with Crippen LogP contribution in [-0.4, -0.2) is 18.5 Å². The van der Waals surface area contributed by atoms with Crippen LogP contribution in [0.1, 0.15) is 18.1 Å². The van der Waals surface area contributed by atoms with E-state index in [1.165, 1.54) is 12.1 Å². The smallest absolute Gasteiger partial charge is 0.363 e. The molecule has 0 N–H and O–H groups in total. The zero-order chi connectivity index (χ0) is 17.1. The molecule has 0 amide bonds. The number of hydrogen-bond acceptors (Lipinski definition) is 4. The molecule has 6 heteroatoms. The van der Waals surface area contributed by atoms with Gasteiger partial charge in [-0.15, -0.1) is 0 Å². The Bertz CT molecular complexity index is 859. The lowest BCUT2D eigenvalue weighted by molar-refractivity contribution is -0.129. The van der Waals surface area contributed by atoms with Crippen LogP contribution in [-0.2, 0) is 9.53 Å². The fraction of sp³-hybridized carbons (Fsp3) is 0.111. The Balaban J connectivity index is 1.97. The minimum absolute atomic E-state index is 0.0147. The standard InChI is InChI=1S/C18H13F2NO3/c1-2-23-16-6-4-3-5-11(16)9-15-18(22)24-17(21-15)13-8-7-12(19)10-14(13)20/h3-10H,2H2,1H3/b15-9-. The van der Waals surface area contributed by atoms with Gasteiger partial charge in [0.25, 0.3) is 0 Å². The number of para-hydroxylation sites is 1. The fourth-order valence-corrected chi connectivity index (χ4v) is 2.22. The van der Waals surface area contributed by atoms with Gasteiger partial charge in [-0.1, -0.05) is 18.2 Å². The first kappa shape index (κ1) is 15.9. The average Bonchev–Trinajstić information content (AvgIpc) is 2.90. The Morgan fingerprint density at radius 1 is 1.21 bits per heavy atom. The second kappa shape index (κ2) is 6.62. The molecule has 2 aromatic carbocycles. The highest BCUT2D eigenvalue weighted by Crippen LogP contribution is 2.25. The zero-order valence-corrected chi connectivity index (χ0v) is 12.8. The van der Waals surface area contributed by atoms with Gasteiger partial charge in [0.15, 0.2) is 5.70 Å². The van der Waals surface area contributed by atoms with Gasteiger partial charge in [0.2, 0.25) is 5.90 Å². The van der Waals surface area contributed by atoms with E-state index in [-0.39, 0.29) is 17.2 Å². The highest BCUT2D eigenvalue weighted by molar-refractivity contribution is 6.13. The number of rotatable bonds is 4. The monoisotopic (exact) mass is 329 g/mol. The Kier molecular flexibility index (Phi) is 4.37. The van der Waals surface area contributed by atoms with Crippen LogP contribution in [0.3, 0.4) is 0 Å². The molecule has 0 bridgehead atoms. The molecule has 1 heterocycles. The topological polar surface area (TPSA) is 47.9 Å². The maximum Gasteiger partial charge on any atom is 0.363 e. The van der Waals surface area contributed by atoms with Gasteiger partial charge in [-0.2, -0.15) is 0 Å². The lowest BCUT2D eigenvalue weighted by Gasteiger charge is -2.06. The Hall–Kier alpha value is -3.02. The van der Waals surface area contributed by atoms with Crippen molar-refractivity contribution in [2.24, 2.45) is 4.99 Å². The summed E-state index contributed by atoms with van der Waals surface area (Å²) in [5, 5.41) is 0. The van der Waals surface area contributed by atoms with E-state index in [0.717, 1.165) is 6.07 Å².